The van der Waals surface area contributed by atoms with Crippen molar-refractivity contribution in [3.05, 3.63) is 50.0 Å². The van der Waals surface area contributed by atoms with E-state index >= 15 is 0 Å². The Kier molecular flexibility index (Phi) is 8.71. The number of morpholine rings is 1. The second-order valence-corrected chi connectivity index (χ2v) is 10.0. The van der Waals surface area contributed by atoms with Gasteiger partial charge in [0.25, 0.3) is 0 Å². The van der Waals surface area contributed by atoms with Gasteiger partial charge < -0.3 is 10.1 Å². The summed E-state index contributed by atoms with van der Waals surface area (Å²) < 4.78 is 7.26. The number of anilines is 1. The van der Waals surface area contributed by atoms with Gasteiger partial charge in [0.15, 0.2) is 0 Å². The normalized spacial score (nSPS) is 16.4. The fraction of sp³-hybridized carbons (Fsp3) is 0.522. The Hall–Kier alpha value is -1.58. The van der Waals surface area contributed by atoms with Crippen LogP contribution in [-0.2, 0) is 28.9 Å². The van der Waals surface area contributed by atoms with E-state index in [4.69, 9.17) is 27.9 Å². The smallest absolute Gasteiger partial charge is 0.348 e. The molecule has 1 aliphatic heterocycles. The van der Waals surface area contributed by atoms with Crippen LogP contribution in [0, 0.1) is 0 Å². The number of fused-ring (bicyclic) bond motifs is 1. The summed E-state index contributed by atoms with van der Waals surface area (Å²) in [7, 11) is 0. The van der Waals surface area contributed by atoms with Crippen LogP contribution in [0.4, 0.5) is 5.69 Å². The summed E-state index contributed by atoms with van der Waals surface area (Å²) >= 11 is 13.3. The number of rotatable bonds is 8. The fourth-order valence-corrected chi connectivity index (χ4v) is 5.45. The molecule has 0 unspecified atom stereocenters. The standard InChI is InChI=1S/C23H28Cl2N4O3S/c24-18-7-6-16(14-19(18)25)26-21(30)15-33-22-17-4-1-2-5-20(17)29(23(31)27-22)9-3-8-28-10-12-32-13-11-28/h6-7,14H,1-5,8-13,15H2,(H,26,30). The Labute approximate surface area is 207 Å². The first-order chi connectivity index (χ1) is 16.0. The maximum atomic E-state index is 12.9. The highest BCUT2D eigenvalue weighted by Crippen LogP contribution is 2.29. The first-order valence-corrected chi connectivity index (χ1v) is 13.1. The Balaban J connectivity index is 1.40. The molecule has 2 aliphatic rings. The van der Waals surface area contributed by atoms with Gasteiger partial charge in [-0.05, 0) is 50.3 Å². The molecule has 1 saturated heterocycles. The second kappa shape index (κ2) is 11.7. The molecular weight excluding hydrogens is 483 g/mol. The highest BCUT2D eigenvalue weighted by molar-refractivity contribution is 8.00. The van der Waals surface area contributed by atoms with Crippen molar-refractivity contribution in [1.82, 2.24) is 14.5 Å². The maximum absolute atomic E-state index is 12.9. The van der Waals surface area contributed by atoms with E-state index in [1.807, 2.05) is 4.57 Å². The number of nitrogens with zero attached hydrogens (tertiary/aromatic N) is 3. The highest BCUT2D eigenvalue weighted by atomic mass is 35.5. The van der Waals surface area contributed by atoms with E-state index < -0.39 is 0 Å². The number of thioether (sulfide) groups is 1. The zero-order chi connectivity index (χ0) is 23.2. The van der Waals surface area contributed by atoms with Gasteiger partial charge in [0.05, 0.1) is 29.0 Å². The number of hydrogen-bond acceptors (Lipinski definition) is 6. The van der Waals surface area contributed by atoms with Crippen molar-refractivity contribution in [2.45, 2.75) is 43.7 Å². The van der Waals surface area contributed by atoms with E-state index in [1.165, 1.54) is 11.8 Å². The molecule has 0 saturated carbocycles. The van der Waals surface area contributed by atoms with Gasteiger partial charge in [0.1, 0.15) is 5.03 Å². The number of amides is 1. The van der Waals surface area contributed by atoms with E-state index in [0.29, 0.717) is 27.3 Å². The number of benzene rings is 1. The number of nitrogens with one attached hydrogen (secondary N) is 1. The fourth-order valence-electron chi connectivity index (χ4n) is 4.28. The monoisotopic (exact) mass is 510 g/mol. The van der Waals surface area contributed by atoms with E-state index in [-0.39, 0.29) is 17.3 Å². The van der Waals surface area contributed by atoms with Crippen molar-refractivity contribution >= 4 is 46.6 Å². The molecule has 33 heavy (non-hydrogen) atoms. The van der Waals surface area contributed by atoms with Gasteiger partial charge in [-0.3, -0.25) is 14.3 Å². The lowest BCUT2D eigenvalue weighted by atomic mass is 9.97. The molecule has 0 atom stereocenters. The Morgan fingerprint density at radius 1 is 1.12 bits per heavy atom. The quantitative estimate of drug-likeness (QED) is 0.428. The summed E-state index contributed by atoms with van der Waals surface area (Å²) in [6, 6.07) is 4.96. The molecule has 178 valence electrons. The summed E-state index contributed by atoms with van der Waals surface area (Å²) in [5.74, 6) is -0.0142. The van der Waals surface area contributed by atoms with Gasteiger partial charge in [-0.25, -0.2) is 4.79 Å². The zero-order valence-corrected chi connectivity index (χ0v) is 20.8. The summed E-state index contributed by atoms with van der Waals surface area (Å²) in [4.78, 5) is 32.1. The topological polar surface area (TPSA) is 76.5 Å². The first-order valence-electron chi connectivity index (χ1n) is 11.3. The maximum Gasteiger partial charge on any atom is 0.348 e. The van der Waals surface area contributed by atoms with Crippen molar-refractivity contribution in [2.24, 2.45) is 0 Å². The van der Waals surface area contributed by atoms with Crippen LogP contribution in [0.25, 0.3) is 0 Å². The van der Waals surface area contributed by atoms with Crippen molar-refractivity contribution in [1.29, 1.82) is 0 Å². The van der Waals surface area contributed by atoms with Crippen LogP contribution in [0.3, 0.4) is 0 Å². The Morgan fingerprint density at radius 2 is 1.91 bits per heavy atom. The minimum Gasteiger partial charge on any atom is -0.379 e. The summed E-state index contributed by atoms with van der Waals surface area (Å²) in [6.07, 6.45) is 4.83. The van der Waals surface area contributed by atoms with Crippen molar-refractivity contribution in [3.63, 3.8) is 0 Å². The minimum absolute atomic E-state index is 0.167. The number of carbonyl (C=O) groups is 1. The van der Waals surface area contributed by atoms with Gasteiger partial charge in [0.2, 0.25) is 5.91 Å². The van der Waals surface area contributed by atoms with Gasteiger partial charge in [-0.2, -0.15) is 4.98 Å². The van der Waals surface area contributed by atoms with E-state index in [9.17, 15) is 9.59 Å². The first kappa shape index (κ1) is 24.5. The summed E-state index contributed by atoms with van der Waals surface area (Å²) in [5, 5.41) is 4.32. The lowest BCUT2D eigenvalue weighted by Crippen LogP contribution is -2.38. The average Bonchev–Trinajstić information content (AvgIpc) is 2.82. The highest BCUT2D eigenvalue weighted by Gasteiger charge is 2.21. The molecule has 2 aromatic rings. The zero-order valence-electron chi connectivity index (χ0n) is 18.4. The number of hydrogen-bond donors (Lipinski definition) is 1. The lowest BCUT2D eigenvalue weighted by Gasteiger charge is -2.27. The van der Waals surface area contributed by atoms with Gasteiger partial charge in [-0.15, -0.1) is 0 Å². The van der Waals surface area contributed by atoms with E-state index in [0.717, 1.165) is 76.2 Å². The molecule has 1 aliphatic carbocycles. The van der Waals surface area contributed by atoms with Gasteiger partial charge >= 0.3 is 5.69 Å². The molecular formula is C23H28Cl2N4O3S. The van der Waals surface area contributed by atoms with Gasteiger partial charge in [-0.1, -0.05) is 35.0 Å². The SMILES string of the molecule is O=C(CSc1nc(=O)n(CCCN2CCOCC2)c2c1CCCC2)Nc1ccc(Cl)c(Cl)c1. The van der Waals surface area contributed by atoms with Crippen LogP contribution in [0.2, 0.25) is 10.0 Å². The Morgan fingerprint density at radius 3 is 2.70 bits per heavy atom. The van der Waals surface area contributed by atoms with Crippen LogP contribution in [0.15, 0.2) is 28.0 Å². The summed E-state index contributed by atoms with van der Waals surface area (Å²) in [5.41, 5.74) is 2.58. The molecule has 1 amide bonds. The molecule has 0 spiro atoms. The number of aromatic nitrogens is 2. The Bertz CT molecular complexity index is 1060. The van der Waals surface area contributed by atoms with Crippen molar-refractivity contribution in [3.8, 4) is 0 Å². The van der Waals surface area contributed by atoms with E-state index in [1.54, 1.807) is 18.2 Å². The average molecular weight is 511 g/mol. The van der Waals surface area contributed by atoms with Crippen LogP contribution in [-0.4, -0.2) is 59.0 Å². The third-order valence-electron chi connectivity index (χ3n) is 5.95. The van der Waals surface area contributed by atoms with Crippen LogP contribution < -0.4 is 11.0 Å². The molecule has 10 heteroatoms. The lowest BCUT2D eigenvalue weighted by molar-refractivity contribution is -0.113. The largest absolute Gasteiger partial charge is 0.379 e. The molecule has 4 rings (SSSR count). The third kappa shape index (κ3) is 6.51. The second-order valence-electron chi connectivity index (χ2n) is 8.26. The molecule has 0 radical (unpaired) electrons. The van der Waals surface area contributed by atoms with Crippen LogP contribution in [0.1, 0.15) is 30.5 Å². The third-order valence-corrected chi connectivity index (χ3v) is 7.71. The van der Waals surface area contributed by atoms with Crippen molar-refractivity contribution < 1.29 is 9.53 Å². The van der Waals surface area contributed by atoms with E-state index in [2.05, 4.69) is 15.2 Å². The molecule has 1 fully saturated rings. The minimum atomic E-state index is -0.218. The van der Waals surface area contributed by atoms with Gasteiger partial charge in [0, 0.05) is 43.1 Å². The molecule has 0 bridgehead atoms. The predicted octanol–water partition coefficient (Wildman–Crippen LogP) is 3.88. The number of carbonyl (C=O) groups excluding carboxylic acids is 1. The molecule has 1 aromatic carbocycles. The molecule has 1 N–H and O–H groups in total. The molecule has 7 nitrogen and oxygen atoms in total. The molecule has 1 aromatic heterocycles. The summed E-state index contributed by atoms with van der Waals surface area (Å²) in [6.45, 7) is 5.09. The predicted molar refractivity (Wildman–Crippen MR) is 133 cm³/mol. The van der Waals surface area contributed by atoms with Crippen LogP contribution in [0.5, 0.6) is 0 Å². The van der Waals surface area contributed by atoms with Crippen LogP contribution >= 0.6 is 35.0 Å². The number of halogens is 2. The number of ether oxygens (including phenoxy) is 1. The molecule has 2 heterocycles. The van der Waals surface area contributed by atoms with Crippen molar-refractivity contribution in [2.75, 3.05) is 43.9 Å².